The summed E-state index contributed by atoms with van der Waals surface area (Å²) in [5.41, 5.74) is 1.25. The van der Waals surface area contributed by atoms with Gasteiger partial charge in [0.15, 0.2) is 0 Å². The average molecular weight is 334 g/mol. The number of hydrogen-bond acceptors (Lipinski definition) is 3. The molecule has 136 valence electrons. The van der Waals surface area contributed by atoms with Gasteiger partial charge in [0.1, 0.15) is 0 Å². The minimum Gasteiger partial charge on any atom is -0.411 e. The minimum atomic E-state index is -0.399. The van der Waals surface area contributed by atoms with Crippen LogP contribution in [0.15, 0.2) is 5.16 Å². The summed E-state index contributed by atoms with van der Waals surface area (Å²) in [4.78, 5) is 0. The Morgan fingerprint density at radius 1 is 1.04 bits per heavy atom. The fraction of sp³-hybridized carbons (Fsp3) is 0.952. The standard InChI is InChI=1S/C21H35NO2/c1-4-21(23)12-11-19(2)14(13-21)5-6-15-16-7-8-18(22-24)20(16,3)10-9-17(15)19/h14-17,23-24H,4-13H2,1-3H3/b22-18-/t14-,15?,16?,17?,19?,20-,21-/m0/s1. The third-order valence-corrected chi connectivity index (χ3v) is 9.34. The van der Waals surface area contributed by atoms with Crippen LogP contribution in [-0.4, -0.2) is 21.6 Å². The van der Waals surface area contributed by atoms with Gasteiger partial charge < -0.3 is 10.3 Å². The molecule has 2 N–H and O–H groups in total. The van der Waals surface area contributed by atoms with Crippen LogP contribution in [0.1, 0.15) is 85.0 Å². The van der Waals surface area contributed by atoms with Crippen molar-refractivity contribution in [1.82, 2.24) is 0 Å². The molecular weight excluding hydrogens is 298 g/mol. The summed E-state index contributed by atoms with van der Waals surface area (Å²) in [6, 6.07) is 0. The first-order valence-electron chi connectivity index (χ1n) is 10.3. The molecule has 24 heavy (non-hydrogen) atoms. The van der Waals surface area contributed by atoms with E-state index in [1.54, 1.807) is 0 Å². The highest BCUT2D eigenvalue weighted by molar-refractivity contribution is 5.91. The molecule has 4 saturated carbocycles. The molecule has 0 aromatic heterocycles. The second-order valence-corrected chi connectivity index (χ2v) is 9.98. The van der Waals surface area contributed by atoms with Gasteiger partial charge in [-0.15, -0.1) is 0 Å². The molecule has 4 aliphatic rings. The van der Waals surface area contributed by atoms with Crippen LogP contribution in [0.2, 0.25) is 0 Å². The number of rotatable bonds is 1. The Hall–Kier alpha value is -0.570. The van der Waals surface area contributed by atoms with Crippen molar-refractivity contribution in [1.29, 1.82) is 0 Å². The van der Waals surface area contributed by atoms with E-state index in [0.717, 1.165) is 43.2 Å². The predicted octanol–water partition coefficient (Wildman–Crippen LogP) is 5.00. The first-order valence-corrected chi connectivity index (χ1v) is 10.3. The van der Waals surface area contributed by atoms with Gasteiger partial charge in [0.25, 0.3) is 0 Å². The third kappa shape index (κ3) is 2.15. The molecule has 0 amide bonds. The van der Waals surface area contributed by atoms with Crippen LogP contribution in [0.4, 0.5) is 0 Å². The first kappa shape index (κ1) is 16.9. The summed E-state index contributed by atoms with van der Waals surface area (Å²) < 4.78 is 0. The van der Waals surface area contributed by atoms with Gasteiger partial charge in [0.2, 0.25) is 0 Å². The number of nitrogens with zero attached hydrogens (tertiary/aromatic N) is 1. The van der Waals surface area contributed by atoms with E-state index in [2.05, 4.69) is 25.9 Å². The quantitative estimate of drug-likeness (QED) is 0.524. The van der Waals surface area contributed by atoms with Gasteiger partial charge in [-0.2, -0.15) is 0 Å². The molecule has 4 unspecified atom stereocenters. The maximum atomic E-state index is 10.8. The summed E-state index contributed by atoms with van der Waals surface area (Å²) in [5, 5.41) is 24.0. The molecule has 0 aromatic carbocycles. The molecule has 0 saturated heterocycles. The Bertz CT molecular complexity index is 546. The molecule has 3 nitrogen and oxygen atoms in total. The average Bonchev–Trinajstić information content (AvgIpc) is 2.92. The van der Waals surface area contributed by atoms with Gasteiger partial charge >= 0.3 is 0 Å². The topological polar surface area (TPSA) is 52.8 Å². The molecule has 3 heteroatoms. The van der Waals surface area contributed by atoms with Gasteiger partial charge in [0, 0.05) is 5.41 Å². The molecular formula is C21H35NO2. The van der Waals surface area contributed by atoms with E-state index in [1.807, 2.05) is 0 Å². The normalized spacial score (nSPS) is 55.8. The van der Waals surface area contributed by atoms with E-state index in [1.165, 1.54) is 38.5 Å². The van der Waals surface area contributed by atoms with Crippen LogP contribution in [0.5, 0.6) is 0 Å². The summed E-state index contributed by atoms with van der Waals surface area (Å²) in [7, 11) is 0. The van der Waals surface area contributed by atoms with E-state index in [0.29, 0.717) is 17.3 Å². The lowest BCUT2D eigenvalue weighted by molar-refractivity contribution is -0.143. The van der Waals surface area contributed by atoms with Crippen LogP contribution < -0.4 is 0 Å². The fourth-order valence-corrected chi connectivity index (χ4v) is 7.60. The van der Waals surface area contributed by atoms with E-state index in [9.17, 15) is 10.3 Å². The summed E-state index contributed by atoms with van der Waals surface area (Å²) >= 11 is 0. The molecule has 4 rings (SSSR count). The number of hydrogen-bond donors (Lipinski definition) is 2. The van der Waals surface area contributed by atoms with Crippen LogP contribution in [0.3, 0.4) is 0 Å². The predicted molar refractivity (Wildman–Crippen MR) is 96.2 cm³/mol. The van der Waals surface area contributed by atoms with Crippen molar-refractivity contribution in [3.8, 4) is 0 Å². The Labute approximate surface area is 146 Å². The fourth-order valence-electron chi connectivity index (χ4n) is 7.60. The van der Waals surface area contributed by atoms with Gasteiger partial charge in [-0.25, -0.2) is 0 Å². The van der Waals surface area contributed by atoms with Crippen LogP contribution in [0, 0.1) is 34.5 Å². The Kier molecular flexibility index (Phi) is 3.84. The number of aliphatic hydroxyl groups is 1. The summed E-state index contributed by atoms with van der Waals surface area (Å²) in [6.45, 7) is 7.05. The van der Waals surface area contributed by atoms with Gasteiger partial charge in [-0.3, -0.25) is 0 Å². The van der Waals surface area contributed by atoms with E-state index in [-0.39, 0.29) is 5.41 Å². The minimum absolute atomic E-state index is 0.151. The molecule has 4 fully saturated rings. The Morgan fingerprint density at radius 3 is 2.54 bits per heavy atom. The highest BCUT2D eigenvalue weighted by atomic mass is 16.4. The van der Waals surface area contributed by atoms with E-state index < -0.39 is 5.60 Å². The zero-order valence-corrected chi connectivity index (χ0v) is 15.7. The molecule has 0 heterocycles. The zero-order valence-electron chi connectivity index (χ0n) is 15.7. The maximum Gasteiger partial charge on any atom is 0.0648 e. The molecule has 4 aliphatic carbocycles. The second kappa shape index (κ2) is 5.46. The van der Waals surface area contributed by atoms with Gasteiger partial charge in [-0.05, 0) is 93.3 Å². The largest absolute Gasteiger partial charge is 0.411 e. The monoisotopic (exact) mass is 333 g/mol. The highest BCUT2D eigenvalue weighted by Gasteiger charge is 2.60. The summed E-state index contributed by atoms with van der Waals surface area (Å²) in [5.74, 6) is 3.03. The molecule has 0 aliphatic heterocycles. The molecule has 7 atom stereocenters. The molecule has 0 radical (unpaired) electrons. The molecule has 0 bridgehead atoms. The smallest absolute Gasteiger partial charge is 0.0648 e. The molecule has 0 spiro atoms. The number of oxime groups is 1. The van der Waals surface area contributed by atoms with Crippen molar-refractivity contribution in [3.63, 3.8) is 0 Å². The van der Waals surface area contributed by atoms with E-state index >= 15 is 0 Å². The highest BCUT2D eigenvalue weighted by Crippen LogP contribution is 2.66. The van der Waals surface area contributed by atoms with Crippen molar-refractivity contribution < 1.29 is 10.3 Å². The second-order valence-electron chi connectivity index (χ2n) is 9.98. The van der Waals surface area contributed by atoms with Crippen LogP contribution in [0.25, 0.3) is 0 Å². The van der Waals surface area contributed by atoms with Crippen molar-refractivity contribution in [3.05, 3.63) is 0 Å². The van der Waals surface area contributed by atoms with Crippen molar-refractivity contribution in [2.75, 3.05) is 0 Å². The van der Waals surface area contributed by atoms with E-state index in [4.69, 9.17) is 0 Å². The maximum absolute atomic E-state index is 10.8. The Balaban J connectivity index is 1.61. The zero-order chi connectivity index (χ0) is 17.2. The number of fused-ring (bicyclic) bond motifs is 5. The third-order valence-electron chi connectivity index (χ3n) is 9.34. The van der Waals surface area contributed by atoms with Crippen molar-refractivity contribution in [2.24, 2.45) is 39.7 Å². The first-order chi connectivity index (χ1) is 11.4. The van der Waals surface area contributed by atoms with Gasteiger partial charge in [0.05, 0.1) is 11.3 Å². The SMILES string of the molecule is CC[C@]1(O)CCC2(C)C3CC[C@]4(C)/C(=N\O)CCC4C3CC[C@H]2C1. The van der Waals surface area contributed by atoms with Gasteiger partial charge in [-0.1, -0.05) is 25.9 Å². The lowest BCUT2D eigenvalue weighted by Crippen LogP contribution is -2.55. The van der Waals surface area contributed by atoms with Crippen LogP contribution >= 0.6 is 0 Å². The summed E-state index contributed by atoms with van der Waals surface area (Å²) in [6.07, 6.45) is 11.4. The lowest BCUT2D eigenvalue weighted by Gasteiger charge is -2.61. The van der Waals surface area contributed by atoms with Crippen LogP contribution in [-0.2, 0) is 0 Å². The Morgan fingerprint density at radius 2 is 1.83 bits per heavy atom. The molecule has 0 aromatic rings. The lowest BCUT2D eigenvalue weighted by atomic mass is 9.44. The van der Waals surface area contributed by atoms with Crippen molar-refractivity contribution >= 4 is 5.71 Å². The van der Waals surface area contributed by atoms with Crippen molar-refractivity contribution in [2.45, 2.75) is 90.6 Å².